The van der Waals surface area contributed by atoms with Gasteiger partial charge in [-0.15, -0.1) is 0 Å². The zero-order valence-corrected chi connectivity index (χ0v) is 22.5. The molecule has 0 saturated carbocycles. The number of benzene rings is 5. The summed E-state index contributed by atoms with van der Waals surface area (Å²) in [4.78, 5) is 2.71. The van der Waals surface area contributed by atoms with E-state index in [0.29, 0.717) is 5.92 Å². The number of hydrogen-bond donors (Lipinski definition) is 0. The fraction of sp³-hybridized carbons (Fsp3) is 0.135. The van der Waals surface area contributed by atoms with E-state index in [1.54, 1.807) is 0 Å². The van der Waals surface area contributed by atoms with Gasteiger partial charge in [0, 0.05) is 26.5 Å². The molecule has 0 spiro atoms. The van der Waals surface area contributed by atoms with Gasteiger partial charge in [0.1, 0.15) is 0 Å². The summed E-state index contributed by atoms with van der Waals surface area (Å²) in [6.07, 6.45) is 8.26. The van der Waals surface area contributed by atoms with Crippen molar-refractivity contribution in [1.82, 2.24) is 0 Å². The molecule has 5 aromatic rings. The quantitative estimate of drug-likeness (QED) is 0.226. The average molecular weight is 505 g/mol. The summed E-state index contributed by atoms with van der Waals surface area (Å²) in [5, 5.41) is 2.71. The summed E-state index contributed by atoms with van der Waals surface area (Å²) in [6, 6.07) is 36.3. The van der Waals surface area contributed by atoms with Crippen LogP contribution in [0.25, 0.3) is 38.6 Å². The number of fused-ring (bicyclic) bond motifs is 5. The van der Waals surface area contributed by atoms with Crippen molar-refractivity contribution in [3.8, 4) is 22.3 Å². The third-order valence-electron chi connectivity index (χ3n) is 8.83. The molecule has 3 aliphatic rings. The molecule has 5 aromatic carbocycles. The van der Waals surface area contributed by atoms with E-state index >= 15 is 0 Å². The van der Waals surface area contributed by atoms with E-state index in [1.807, 2.05) is 11.8 Å². The highest BCUT2D eigenvalue weighted by molar-refractivity contribution is 7.99. The molecule has 0 amide bonds. The van der Waals surface area contributed by atoms with Crippen molar-refractivity contribution in [3.05, 3.63) is 138 Å². The Morgan fingerprint density at radius 2 is 1.50 bits per heavy atom. The third kappa shape index (κ3) is 3.12. The van der Waals surface area contributed by atoms with Crippen LogP contribution >= 0.6 is 11.8 Å². The minimum atomic E-state index is 0.0456. The Morgan fingerprint density at radius 1 is 0.711 bits per heavy atom. The highest BCUT2D eigenvalue weighted by Gasteiger charge is 2.37. The monoisotopic (exact) mass is 504 g/mol. The van der Waals surface area contributed by atoms with E-state index in [1.165, 1.54) is 70.6 Å². The van der Waals surface area contributed by atoms with Crippen molar-refractivity contribution in [3.63, 3.8) is 0 Å². The largest absolute Gasteiger partial charge is 0.0888 e. The molecule has 0 saturated heterocycles. The summed E-state index contributed by atoms with van der Waals surface area (Å²) < 4.78 is 0. The second-order valence-electron chi connectivity index (χ2n) is 11.3. The van der Waals surface area contributed by atoms with Gasteiger partial charge in [0.2, 0.25) is 0 Å². The minimum absolute atomic E-state index is 0.0456. The lowest BCUT2D eigenvalue weighted by atomic mass is 9.80. The molecule has 1 unspecified atom stereocenters. The van der Waals surface area contributed by atoms with Gasteiger partial charge in [0.15, 0.2) is 0 Å². The molecule has 0 radical (unpaired) electrons. The lowest BCUT2D eigenvalue weighted by Crippen LogP contribution is -2.15. The van der Waals surface area contributed by atoms with Crippen LogP contribution in [0, 0.1) is 0 Å². The second-order valence-corrected chi connectivity index (χ2v) is 12.4. The molecule has 0 N–H and O–H groups in total. The maximum Gasteiger partial charge on any atom is 0.0207 e. The lowest BCUT2D eigenvalue weighted by molar-refractivity contribution is 0.659. The van der Waals surface area contributed by atoms with E-state index in [2.05, 4.69) is 129 Å². The first-order valence-electron chi connectivity index (χ1n) is 13.6. The van der Waals surface area contributed by atoms with E-state index < -0.39 is 0 Å². The standard InChI is InChI=1S/C37H28S/c1-37(2)31-13-4-3-10-29(31)36-27(11-7-14-32(36)37)24-18-16-23(17-19-24)26-20-21-33-30(22-26)28-12-5-8-25-9-6-15-34(38-33)35(25)28/h3-18,20-22,24H,19H2,1-2H3. The Morgan fingerprint density at radius 3 is 2.37 bits per heavy atom. The van der Waals surface area contributed by atoms with Crippen molar-refractivity contribution < 1.29 is 0 Å². The van der Waals surface area contributed by atoms with Crippen LogP contribution in [0.5, 0.6) is 0 Å². The fourth-order valence-electron chi connectivity index (χ4n) is 6.90. The summed E-state index contributed by atoms with van der Waals surface area (Å²) in [5.74, 6) is 0.393. The summed E-state index contributed by atoms with van der Waals surface area (Å²) in [5.41, 5.74) is 12.6. The zero-order chi connectivity index (χ0) is 25.4. The number of allylic oxidation sites excluding steroid dienone is 4. The van der Waals surface area contributed by atoms with Crippen LogP contribution in [-0.4, -0.2) is 0 Å². The minimum Gasteiger partial charge on any atom is -0.0888 e. The molecule has 0 fully saturated rings. The van der Waals surface area contributed by atoms with Gasteiger partial charge < -0.3 is 0 Å². The smallest absolute Gasteiger partial charge is 0.0207 e. The van der Waals surface area contributed by atoms with Crippen LogP contribution in [0.4, 0.5) is 0 Å². The number of rotatable bonds is 2. The van der Waals surface area contributed by atoms with E-state index in [-0.39, 0.29) is 5.41 Å². The average Bonchev–Trinajstić information content (AvgIpc) is 3.20. The Balaban J connectivity index is 1.16. The van der Waals surface area contributed by atoms with Crippen LogP contribution in [0.1, 0.15) is 48.4 Å². The zero-order valence-electron chi connectivity index (χ0n) is 21.7. The highest BCUT2D eigenvalue weighted by atomic mass is 32.2. The predicted octanol–water partition coefficient (Wildman–Crippen LogP) is 10.4. The molecule has 2 aliphatic carbocycles. The Hall–Kier alpha value is -3.81. The normalized spacial score (nSPS) is 18.1. The summed E-state index contributed by atoms with van der Waals surface area (Å²) in [7, 11) is 0. The Labute approximate surface area is 228 Å². The van der Waals surface area contributed by atoms with Gasteiger partial charge in [-0.2, -0.15) is 0 Å². The first-order chi connectivity index (χ1) is 18.6. The SMILES string of the molecule is CC1(C)c2ccccc2-c2c(C3C=CC(c4ccc5c(c4)-c4cccc6cccc(c46)S5)=CC3)cccc21. The first kappa shape index (κ1) is 22.2. The first-order valence-corrected chi connectivity index (χ1v) is 14.4. The van der Waals surface area contributed by atoms with E-state index in [0.717, 1.165) is 6.42 Å². The van der Waals surface area contributed by atoms with Gasteiger partial charge in [0.05, 0.1) is 0 Å². The number of hydrogen-bond acceptors (Lipinski definition) is 1. The molecular formula is C37H28S. The molecule has 1 atom stereocenters. The van der Waals surface area contributed by atoms with Gasteiger partial charge in [-0.25, -0.2) is 0 Å². The molecule has 1 aliphatic heterocycles. The van der Waals surface area contributed by atoms with Crippen molar-refractivity contribution in [1.29, 1.82) is 0 Å². The van der Waals surface area contributed by atoms with Crippen LogP contribution in [0.3, 0.4) is 0 Å². The van der Waals surface area contributed by atoms with Gasteiger partial charge in [-0.05, 0) is 80.1 Å². The summed E-state index contributed by atoms with van der Waals surface area (Å²) >= 11 is 1.90. The van der Waals surface area contributed by atoms with E-state index in [9.17, 15) is 0 Å². The molecule has 0 bridgehead atoms. The summed E-state index contributed by atoms with van der Waals surface area (Å²) in [6.45, 7) is 4.73. The van der Waals surface area contributed by atoms with Gasteiger partial charge in [-0.3, -0.25) is 0 Å². The third-order valence-corrected chi connectivity index (χ3v) is 9.96. The van der Waals surface area contributed by atoms with Crippen molar-refractivity contribution in [2.24, 2.45) is 0 Å². The van der Waals surface area contributed by atoms with Gasteiger partial charge in [-0.1, -0.05) is 123 Å². The van der Waals surface area contributed by atoms with E-state index in [4.69, 9.17) is 0 Å². The predicted molar refractivity (Wildman–Crippen MR) is 162 cm³/mol. The van der Waals surface area contributed by atoms with Crippen molar-refractivity contribution >= 4 is 28.1 Å². The fourth-order valence-corrected chi connectivity index (χ4v) is 8.03. The topological polar surface area (TPSA) is 0 Å². The highest BCUT2D eigenvalue weighted by Crippen LogP contribution is 2.52. The molecule has 8 rings (SSSR count). The van der Waals surface area contributed by atoms with Crippen molar-refractivity contribution in [2.45, 2.75) is 41.4 Å². The lowest BCUT2D eigenvalue weighted by Gasteiger charge is -2.24. The molecule has 182 valence electrons. The maximum absolute atomic E-state index is 2.45. The molecule has 0 nitrogen and oxygen atoms in total. The van der Waals surface area contributed by atoms with Crippen LogP contribution < -0.4 is 0 Å². The van der Waals surface area contributed by atoms with Crippen LogP contribution in [0.2, 0.25) is 0 Å². The molecular weight excluding hydrogens is 476 g/mol. The Kier molecular flexibility index (Phi) is 4.73. The molecule has 1 heterocycles. The van der Waals surface area contributed by atoms with Gasteiger partial charge in [0.25, 0.3) is 0 Å². The second kappa shape index (κ2) is 8.09. The maximum atomic E-state index is 2.45. The molecule has 38 heavy (non-hydrogen) atoms. The van der Waals surface area contributed by atoms with Crippen molar-refractivity contribution in [2.75, 3.05) is 0 Å². The molecule has 0 aromatic heterocycles. The van der Waals surface area contributed by atoms with Crippen LogP contribution in [-0.2, 0) is 5.41 Å². The molecule has 1 heteroatoms. The van der Waals surface area contributed by atoms with Gasteiger partial charge >= 0.3 is 0 Å². The Bertz CT molecular complexity index is 1840. The van der Waals surface area contributed by atoms with Crippen LogP contribution in [0.15, 0.2) is 125 Å².